The van der Waals surface area contributed by atoms with Crippen molar-refractivity contribution in [2.45, 2.75) is 6.92 Å². The Labute approximate surface area is 58.6 Å². The number of hydrogen-bond acceptors (Lipinski definition) is 1. The molecule has 0 rings (SSSR count). The number of hydrogen-bond donors (Lipinski definition) is 1. The Kier molecular flexibility index (Phi) is 214. The summed E-state index contributed by atoms with van der Waals surface area (Å²) in [4.78, 5) is 7.14. The van der Waals surface area contributed by atoms with E-state index in [-0.39, 0.29) is 29.6 Å². The minimum atomic E-state index is 0. The van der Waals surface area contributed by atoms with Gasteiger partial charge >= 0.3 is 29.6 Å². The van der Waals surface area contributed by atoms with Gasteiger partial charge in [0, 0.05) is 0 Å². The quantitative estimate of drug-likeness (QED) is 0.244. The van der Waals surface area contributed by atoms with Crippen molar-refractivity contribution in [3.8, 4) is 0 Å². The molecule has 0 aliphatic heterocycles. The van der Waals surface area contributed by atoms with Crippen molar-refractivity contribution in [2.24, 2.45) is 0 Å². The van der Waals surface area contributed by atoms with Crippen LogP contribution in [0.5, 0.6) is 0 Å². The van der Waals surface area contributed by atoms with Gasteiger partial charge in [0.25, 0.3) is 0 Å². The summed E-state index contributed by atoms with van der Waals surface area (Å²) in [5.41, 5.74) is 0. The third-order valence-electron chi connectivity index (χ3n) is 0. The van der Waals surface area contributed by atoms with E-state index >= 15 is 0 Å². The monoisotopic (exact) mass is 100 g/mol. The summed E-state index contributed by atoms with van der Waals surface area (Å²) in [7, 11) is 0.306. The topological polar surface area (TPSA) is 20.2 Å². The maximum absolute atomic E-state index is 7.14. The van der Waals surface area contributed by atoms with E-state index in [1.165, 1.54) is 0 Å². The van der Waals surface area contributed by atoms with Gasteiger partial charge in [0.05, 0.1) is 0 Å². The van der Waals surface area contributed by atoms with E-state index in [1.54, 1.807) is 6.92 Å². The average Bonchev–Trinajstić information content (AvgIpc) is 1.50. The van der Waals surface area contributed by atoms with Gasteiger partial charge in [-0.05, 0) is 0 Å². The zero-order valence-corrected chi connectivity index (χ0v) is 8.15. The Morgan fingerprint density at radius 3 is 1.40 bits per heavy atom. The molecular formula is C2H9NaOSi. The van der Waals surface area contributed by atoms with Crippen LogP contribution in [0.25, 0.3) is 0 Å². The summed E-state index contributed by atoms with van der Waals surface area (Å²) >= 11 is 0. The summed E-state index contributed by atoms with van der Waals surface area (Å²) < 4.78 is 0. The van der Waals surface area contributed by atoms with Gasteiger partial charge in [0.1, 0.15) is 10.5 Å². The predicted octanol–water partition coefficient (Wildman–Crippen LogP) is -3.90. The Bertz CT molecular complexity index is 9.61. The number of rotatable bonds is 0. The van der Waals surface area contributed by atoms with Crippen molar-refractivity contribution in [2.75, 3.05) is 0 Å². The van der Waals surface area contributed by atoms with Crippen LogP contribution in [-0.2, 0) is 0 Å². The van der Waals surface area contributed by atoms with Crippen molar-refractivity contribution < 1.29 is 34.4 Å². The molecule has 0 aliphatic carbocycles. The third-order valence-corrected chi connectivity index (χ3v) is 0. The van der Waals surface area contributed by atoms with Crippen LogP contribution in [0.3, 0.4) is 0 Å². The minimum absolute atomic E-state index is 0. The Balaban J connectivity index is -0.0000000133. The van der Waals surface area contributed by atoms with Crippen LogP contribution >= 0.6 is 0 Å². The first-order valence-corrected chi connectivity index (χ1v) is 2.05. The largest absolute Gasteiger partial charge is 1.00 e. The van der Waals surface area contributed by atoms with Crippen LogP contribution in [0, 0.1) is 6.92 Å². The standard InChI is InChI=1S/C2H5.Na.H4OSi/c1-2;;1-2/h1H2,2H3;;1H,2H3/q-1;+1;. The Morgan fingerprint density at radius 2 is 1.40 bits per heavy atom. The zero-order chi connectivity index (χ0) is 4.00. The Hall–Kier alpha value is 1.18. The summed E-state index contributed by atoms with van der Waals surface area (Å²) in [6.45, 7) is 5.00. The molecule has 0 radical (unpaired) electrons. The van der Waals surface area contributed by atoms with Crippen LogP contribution in [0.15, 0.2) is 0 Å². The van der Waals surface area contributed by atoms with Gasteiger partial charge in [0.15, 0.2) is 0 Å². The van der Waals surface area contributed by atoms with Gasteiger partial charge in [-0.25, -0.2) is 0 Å². The molecule has 28 valence electrons. The van der Waals surface area contributed by atoms with Crippen molar-refractivity contribution in [1.29, 1.82) is 0 Å². The maximum atomic E-state index is 7.14. The second-order valence-corrected chi connectivity index (χ2v) is 0. The first-order chi connectivity index (χ1) is 2.00. The molecule has 0 aromatic carbocycles. The molecule has 0 saturated heterocycles. The van der Waals surface area contributed by atoms with E-state index in [9.17, 15) is 0 Å². The fraction of sp³-hybridized carbons (Fsp3) is 0.500. The van der Waals surface area contributed by atoms with Crippen LogP contribution < -0.4 is 29.6 Å². The maximum Gasteiger partial charge on any atom is 1.00 e. The van der Waals surface area contributed by atoms with E-state index in [2.05, 4.69) is 6.92 Å². The van der Waals surface area contributed by atoms with E-state index in [4.69, 9.17) is 4.80 Å². The van der Waals surface area contributed by atoms with Crippen molar-refractivity contribution >= 4 is 10.5 Å². The van der Waals surface area contributed by atoms with Gasteiger partial charge in [0.2, 0.25) is 0 Å². The molecule has 0 aromatic rings. The SMILES string of the molecule is O[SiH3].[CH2-]C.[Na+]. The van der Waals surface area contributed by atoms with Crippen LogP contribution in [0.1, 0.15) is 6.92 Å². The molecule has 0 saturated carbocycles. The summed E-state index contributed by atoms with van der Waals surface area (Å²) in [6.07, 6.45) is 0. The van der Waals surface area contributed by atoms with E-state index < -0.39 is 0 Å². The molecule has 3 heteroatoms. The van der Waals surface area contributed by atoms with E-state index in [1.807, 2.05) is 0 Å². The van der Waals surface area contributed by atoms with Crippen molar-refractivity contribution in [3.05, 3.63) is 6.92 Å². The molecule has 1 nitrogen and oxygen atoms in total. The van der Waals surface area contributed by atoms with E-state index in [0.29, 0.717) is 10.5 Å². The molecule has 0 atom stereocenters. The van der Waals surface area contributed by atoms with Gasteiger partial charge in [-0.3, -0.25) is 0 Å². The zero-order valence-electron chi connectivity index (χ0n) is 4.15. The Morgan fingerprint density at radius 1 is 1.40 bits per heavy atom. The molecule has 0 aromatic heterocycles. The smallest absolute Gasteiger partial charge is 0.442 e. The first-order valence-electron chi connectivity index (χ1n) is 1.15. The molecular weight excluding hydrogens is 91.1 g/mol. The summed E-state index contributed by atoms with van der Waals surface area (Å²) in [6, 6.07) is 0. The van der Waals surface area contributed by atoms with Crippen LogP contribution in [-0.4, -0.2) is 15.3 Å². The molecule has 0 aliphatic rings. The van der Waals surface area contributed by atoms with Crippen molar-refractivity contribution in [1.82, 2.24) is 0 Å². The van der Waals surface area contributed by atoms with Gasteiger partial charge in [-0.2, -0.15) is 6.92 Å². The van der Waals surface area contributed by atoms with Gasteiger partial charge < -0.3 is 11.7 Å². The summed E-state index contributed by atoms with van der Waals surface area (Å²) in [5, 5.41) is 0. The van der Waals surface area contributed by atoms with Crippen LogP contribution in [0.2, 0.25) is 0 Å². The molecule has 0 bridgehead atoms. The van der Waals surface area contributed by atoms with E-state index in [0.717, 1.165) is 0 Å². The fourth-order valence-corrected chi connectivity index (χ4v) is 0. The van der Waals surface area contributed by atoms with Gasteiger partial charge in [-0.1, -0.05) is 0 Å². The summed E-state index contributed by atoms with van der Waals surface area (Å²) in [5.74, 6) is 0. The second kappa shape index (κ2) is 65.2. The first kappa shape index (κ1) is 16.4. The molecule has 0 fully saturated rings. The molecule has 1 N–H and O–H groups in total. The average molecular weight is 100 g/mol. The second-order valence-electron chi connectivity index (χ2n) is 0. The van der Waals surface area contributed by atoms with Crippen LogP contribution in [0.4, 0.5) is 0 Å². The molecule has 0 spiro atoms. The third kappa shape index (κ3) is 37.7. The normalized spacial score (nSPS) is 3.00. The fourth-order valence-electron chi connectivity index (χ4n) is 0. The van der Waals surface area contributed by atoms with Crippen molar-refractivity contribution in [3.63, 3.8) is 0 Å². The minimum Gasteiger partial charge on any atom is -0.442 e. The molecule has 0 amide bonds. The molecule has 5 heavy (non-hydrogen) atoms. The molecule has 0 unspecified atom stereocenters. The predicted molar refractivity (Wildman–Crippen MR) is 23.2 cm³/mol. The van der Waals surface area contributed by atoms with Gasteiger partial charge in [-0.15, -0.1) is 0 Å². The molecule has 0 heterocycles.